The molecule has 2 N–H and O–H groups in total. The molecule has 1 rings (SSSR count). The summed E-state index contributed by atoms with van der Waals surface area (Å²) in [6, 6.07) is 10.3. The summed E-state index contributed by atoms with van der Waals surface area (Å²) >= 11 is 0. The first-order valence-electron chi connectivity index (χ1n) is 6.48. The Balaban J connectivity index is 2.89. The highest BCUT2D eigenvalue weighted by atomic mass is 15.2. The minimum Gasteiger partial charge on any atom is -0.321 e. The molecule has 1 unspecified atom stereocenters. The van der Waals surface area contributed by atoms with Crippen molar-refractivity contribution in [3.63, 3.8) is 0 Å². The van der Waals surface area contributed by atoms with Gasteiger partial charge in [0.05, 0.1) is 5.54 Å². The van der Waals surface area contributed by atoms with Gasteiger partial charge in [0.2, 0.25) is 0 Å². The lowest BCUT2D eigenvalue weighted by Crippen LogP contribution is -2.52. The second-order valence-electron chi connectivity index (χ2n) is 6.12. The van der Waals surface area contributed by atoms with E-state index in [-0.39, 0.29) is 11.1 Å². The van der Waals surface area contributed by atoms with Gasteiger partial charge in [0, 0.05) is 18.6 Å². The molecular weight excluding hydrogens is 220 g/mol. The minimum absolute atomic E-state index is 0.0869. The number of hydrogen-bond donors (Lipinski definition) is 1. The monoisotopic (exact) mass is 246 g/mol. The Morgan fingerprint density at radius 2 is 1.72 bits per heavy atom. The molecule has 0 aliphatic rings. The molecule has 0 aliphatic carbocycles. The zero-order valence-corrected chi connectivity index (χ0v) is 12.1. The maximum absolute atomic E-state index is 6.49. The molecule has 0 heterocycles. The third-order valence-corrected chi connectivity index (χ3v) is 3.25. The van der Waals surface area contributed by atoms with E-state index in [1.165, 1.54) is 5.56 Å². The summed E-state index contributed by atoms with van der Waals surface area (Å²) in [4.78, 5) is 2.35. The van der Waals surface area contributed by atoms with Gasteiger partial charge in [-0.1, -0.05) is 36.4 Å². The average molecular weight is 246 g/mol. The fraction of sp³-hybridized carbons (Fsp3) is 0.500. The van der Waals surface area contributed by atoms with Crippen LogP contribution < -0.4 is 5.73 Å². The van der Waals surface area contributed by atoms with Crippen LogP contribution in [0.15, 0.2) is 43.0 Å². The summed E-state index contributed by atoms with van der Waals surface area (Å²) in [6.07, 6.45) is 1.94. The Morgan fingerprint density at radius 1 is 1.17 bits per heavy atom. The van der Waals surface area contributed by atoms with Crippen molar-refractivity contribution in [2.45, 2.75) is 38.8 Å². The predicted molar refractivity (Wildman–Crippen MR) is 79.5 cm³/mol. The van der Waals surface area contributed by atoms with Crippen LogP contribution in [0.1, 0.15) is 33.3 Å². The van der Waals surface area contributed by atoms with Crippen molar-refractivity contribution in [3.8, 4) is 0 Å². The summed E-state index contributed by atoms with van der Waals surface area (Å²) in [6.45, 7) is 14.2. The second kappa shape index (κ2) is 5.68. The maximum atomic E-state index is 6.49. The normalized spacial score (nSPS) is 15.4. The van der Waals surface area contributed by atoms with Crippen LogP contribution in [0, 0.1) is 0 Å². The number of rotatable bonds is 5. The third-order valence-electron chi connectivity index (χ3n) is 3.25. The van der Waals surface area contributed by atoms with Crippen LogP contribution in [0.25, 0.3) is 0 Å². The quantitative estimate of drug-likeness (QED) is 0.809. The topological polar surface area (TPSA) is 29.3 Å². The lowest BCUT2D eigenvalue weighted by Gasteiger charge is -2.40. The highest BCUT2D eigenvalue weighted by Crippen LogP contribution is 2.23. The molecule has 1 aromatic rings. The van der Waals surface area contributed by atoms with E-state index in [2.05, 4.69) is 51.3 Å². The fourth-order valence-corrected chi connectivity index (χ4v) is 2.04. The number of hydrogen-bond acceptors (Lipinski definition) is 2. The number of nitrogens with zero attached hydrogens (tertiary/aromatic N) is 1. The molecule has 0 amide bonds. The average Bonchev–Trinajstić information content (AvgIpc) is 2.28. The van der Waals surface area contributed by atoms with Crippen LogP contribution >= 0.6 is 0 Å². The molecule has 0 radical (unpaired) electrons. The molecule has 0 fully saturated rings. The maximum Gasteiger partial charge on any atom is 0.0510 e. The van der Waals surface area contributed by atoms with Gasteiger partial charge in [0.15, 0.2) is 0 Å². The first-order valence-corrected chi connectivity index (χ1v) is 6.48. The standard InChI is InChI=1S/C16H26N2/c1-6-12-18(15(2,3)4)13-16(5,17)14-10-8-7-9-11-14/h6-11H,1,12-13,17H2,2-5H3. The van der Waals surface area contributed by atoms with Crippen molar-refractivity contribution in [1.82, 2.24) is 4.90 Å². The summed E-state index contributed by atoms with van der Waals surface area (Å²) in [7, 11) is 0. The number of benzene rings is 1. The molecule has 1 aromatic carbocycles. The third kappa shape index (κ3) is 3.97. The van der Waals surface area contributed by atoms with Crippen molar-refractivity contribution in [1.29, 1.82) is 0 Å². The van der Waals surface area contributed by atoms with Crippen LogP contribution in [-0.2, 0) is 5.54 Å². The molecular formula is C16H26N2. The Kier molecular flexibility index (Phi) is 4.71. The molecule has 0 aliphatic heterocycles. The zero-order valence-electron chi connectivity index (χ0n) is 12.1. The van der Waals surface area contributed by atoms with Gasteiger partial charge in [0.25, 0.3) is 0 Å². The highest BCUT2D eigenvalue weighted by Gasteiger charge is 2.29. The van der Waals surface area contributed by atoms with Crippen molar-refractivity contribution in [2.75, 3.05) is 13.1 Å². The van der Waals surface area contributed by atoms with E-state index >= 15 is 0 Å². The van der Waals surface area contributed by atoms with Crippen molar-refractivity contribution < 1.29 is 0 Å². The molecule has 2 heteroatoms. The second-order valence-corrected chi connectivity index (χ2v) is 6.12. The SMILES string of the molecule is C=CCN(CC(C)(N)c1ccccc1)C(C)(C)C. The summed E-state index contributed by atoms with van der Waals surface area (Å²) in [5.41, 5.74) is 7.40. The van der Waals surface area contributed by atoms with Crippen LogP contribution in [-0.4, -0.2) is 23.5 Å². The van der Waals surface area contributed by atoms with Gasteiger partial charge in [0.1, 0.15) is 0 Å². The van der Waals surface area contributed by atoms with E-state index in [0.29, 0.717) is 0 Å². The van der Waals surface area contributed by atoms with E-state index in [1.807, 2.05) is 24.3 Å². The zero-order chi connectivity index (χ0) is 13.8. The number of nitrogens with two attached hydrogens (primary N) is 1. The van der Waals surface area contributed by atoms with Crippen LogP contribution in [0.3, 0.4) is 0 Å². The van der Waals surface area contributed by atoms with Gasteiger partial charge < -0.3 is 5.73 Å². The Hall–Kier alpha value is -1.12. The van der Waals surface area contributed by atoms with E-state index in [1.54, 1.807) is 0 Å². The van der Waals surface area contributed by atoms with Crippen LogP contribution in [0.2, 0.25) is 0 Å². The van der Waals surface area contributed by atoms with Gasteiger partial charge in [-0.3, -0.25) is 4.90 Å². The van der Waals surface area contributed by atoms with Gasteiger partial charge in [-0.25, -0.2) is 0 Å². The highest BCUT2D eigenvalue weighted by molar-refractivity contribution is 5.23. The van der Waals surface area contributed by atoms with E-state index in [4.69, 9.17) is 5.73 Å². The van der Waals surface area contributed by atoms with Crippen molar-refractivity contribution in [2.24, 2.45) is 5.73 Å². The molecule has 2 nitrogen and oxygen atoms in total. The van der Waals surface area contributed by atoms with Crippen LogP contribution in [0.4, 0.5) is 0 Å². The molecule has 18 heavy (non-hydrogen) atoms. The molecule has 1 atom stereocenters. The molecule has 100 valence electrons. The molecule has 0 saturated carbocycles. The van der Waals surface area contributed by atoms with Gasteiger partial charge in [-0.15, -0.1) is 6.58 Å². The first kappa shape index (κ1) is 14.9. The van der Waals surface area contributed by atoms with Crippen molar-refractivity contribution in [3.05, 3.63) is 48.6 Å². The minimum atomic E-state index is -0.350. The summed E-state index contributed by atoms with van der Waals surface area (Å²) < 4.78 is 0. The van der Waals surface area contributed by atoms with E-state index in [9.17, 15) is 0 Å². The molecule has 0 bridgehead atoms. The smallest absolute Gasteiger partial charge is 0.0510 e. The summed E-state index contributed by atoms with van der Waals surface area (Å²) in [5, 5.41) is 0. The van der Waals surface area contributed by atoms with Crippen molar-refractivity contribution >= 4 is 0 Å². The lowest BCUT2D eigenvalue weighted by molar-refractivity contribution is 0.121. The Labute approximate surface area is 111 Å². The lowest BCUT2D eigenvalue weighted by atomic mass is 9.90. The first-order chi connectivity index (χ1) is 8.27. The van der Waals surface area contributed by atoms with Crippen LogP contribution in [0.5, 0.6) is 0 Å². The Bertz CT molecular complexity index is 374. The largest absolute Gasteiger partial charge is 0.321 e. The van der Waals surface area contributed by atoms with Gasteiger partial charge in [-0.05, 0) is 33.3 Å². The molecule has 0 spiro atoms. The van der Waals surface area contributed by atoms with Gasteiger partial charge >= 0.3 is 0 Å². The van der Waals surface area contributed by atoms with Gasteiger partial charge in [-0.2, -0.15) is 0 Å². The molecule has 0 saturated heterocycles. The fourth-order valence-electron chi connectivity index (χ4n) is 2.04. The summed E-state index contributed by atoms with van der Waals surface area (Å²) in [5.74, 6) is 0. The predicted octanol–water partition coefficient (Wildman–Crippen LogP) is 3.15. The van der Waals surface area contributed by atoms with E-state index in [0.717, 1.165) is 13.1 Å². The molecule has 0 aromatic heterocycles. The van der Waals surface area contributed by atoms with E-state index < -0.39 is 0 Å². The Morgan fingerprint density at radius 3 is 2.17 bits per heavy atom.